The molecule has 0 aromatic carbocycles. The summed E-state index contributed by atoms with van der Waals surface area (Å²) in [7, 11) is 2.24. The number of aliphatic hydroxyl groups excluding tert-OH is 1. The molecule has 0 bridgehead atoms. The Hall–Kier alpha value is -0.120. The Kier molecular flexibility index (Phi) is 4.83. The average molecular weight is 240 g/mol. The number of hydrogen-bond acceptors (Lipinski definition) is 3. The van der Waals surface area contributed by atoms with E-state index >= 15 is 0 Å². The first-order valence-electron chi connectivity index (χ1n) is 7.31. The lowest BCUT2D eigenvalue weighted by atomic mass is 9.86. The molecule has 2 fully saturated rings. The molecule has 0 radical (unpaired) electrons. The SMILES string of the molecule is CCC1CN(CC2CCCCC2O)CCN1C. The Bertz CT molecular complexity index is 234. The van der Waals surface area contributed by atoms with E-state index in [1.165, 1.54) is 45.3 Å². The fourth-order valence-corrected chi connectivity index (χ4v) is 3.35. The monoisotopic (exact) mass is 240 g/mol. The third-order valence-corrected chi connectivity index (χ3v) is 4.69. The van der Waals surface area contributed by atoms with Crippen LogP contribution in [0.1, 0.15) is 39.0 Å². The second-order valence-electron chi connectivity index (χ2n) is 5.91. The van der Waals surface area contributed by atoms with E-state index in [0.717, 1.165) is 13.0 Å². The van der Waals surface area contributed by atoms with Crippen LogP contribution in [-0.4, -0.2) is 60.3 Å². The first-order chi connectivity index (χ1) is 8.20. The molecule has 0 aromatic rings. The molecule has 3 heteroatoms. The van der Waals surface area contributed by atoms with Crippen LogP contribution in [0.3, 0.4) is 0 Å². The summed E-state index contributed by atoms with van der Waals surface area (Å²) in [5.41, 5.74) is 0. The van der Waals surface area contributed by atoms with Gasteiger partial charge in [0.15, 0.2) is 0 Å². The standard InChI is InChI=1S/C14H28N2O/c1-3-13-11-16(9-8-15(13)2)10-12-6-4-5-7-14(12)17/h12-14,17H,3-11H2,1-2H3. The van der Waals surface area contributed by atoms with Gasteiger partial charge in [-0.15, -0.1) is 0 Å². The Morgan fingerprint density at radius 1 is 1.18 bits per heavy atom. The van der Waals surface area contributed by atoms with Gasteiger partial charge in [-0.25, -0.2) is 0 Å². The molecule has 0 aromatic heterocycles. The molecule has 2 rings (SSSR count). The van der Waals surface area contributed by atoms with E-state index in [9.17, 15) is 5.11 Å². The number of rotatable bonds is 3. The Labute approximate surface area is 106 Å². The van der Waals surface area contributed by atoms with Crippen molar-refractivity contribution >= 4 is 0 Å². The second-order valence-corrected chi connectivity index (χ2v) is 5.91. The van der Waals surface area contributed by atoms with Gasteiger partial charge >= 0.3 is 0 Å². The smallest absolute Gasteiger partial charge is 0.0580 e. The lowest BCUT2D eigenvalue weighted by Gasteiger charge is -2.41. The van der Waals surface area contributed by atoms with Crippen LogP contribution in [0.25, 0.3) is 0 Å². The second kappa shape index (κ2) is 6.17. The van der Waals surface area contributed by atoms with Crippen LogP contribution in [-0.2, 0) is 0 Å². The van der Waals surface area contributed by atoms with E-state index in [2.05, 4.69) is 23.8 Å². The predicted octanol–water partition coefficient (Wildman–Crippen LogP) is 1.56. The summed E-state index contributed by atoms with van der Waals surface area (Å²) in [4.78, 5) is 5.06. The van der Waals surface area contributed by atoms with Gasteiger partial charge in [0.2, 0.25) is 0 Å². The van der Waals surface area contributed by atoms with Crippen molar-refractivity contribution in [3.63, 3.8) is 0 Å². The third-order valence-electron chi connectivity index (χ3n) is 4.69. The Balaban J connectivity index is 1.82. The minimum absolute atomic E-state index is 0.0384. The molecule has 2 aliphatic rings. The summed E-state index contributed by atoms with van der Waals surface area (Å²) >= 11 is 0. The van der Waals surface area contributed by atoms with Gasteiger partial charge < -0.3 is 14.9 Å². The number of nitrogens with zero attached hydrogens (tertiary/aromatic N) is 2. The number of aliphatic hydroxyl groups is 1. The summed E-state index contributed by atoms with van der Waals surface area (Å²) < 4.78 is 0. The summed E-state index contributed by atoms with van der Waals surface area (Å²) in [6.07, 6.45) is 5.98. The van der Waals surface area contributed by atoms with Crippen LogP contribution in [0.4, 0.5) is 0 Å². The third kappa shape index (κ3) is 3.43. The zero-order valence-electron chi connectivity index (χ0n) is 11.4. The lowest BCUT2D eigenvalue weighted by molar-refractivity contribution is 0.0224. The van der Waals surface area contributed by atoms with Gasteiger partial charge in [0.1, 0.15) is 0 Å². The summed E-state index contributed by atoms with van der Waals surface area (Å²) in [5, 5.41) is 10.0. The van der Waals surface area contributed by atoms with Gasteiger partial charge in [-0.3, -0.25) is 0 Å². The first kappa shape index (κ1) is 13.3. The van der Waals surface area contributed by atoms with E-state index in [-0.39, 0.29) is 6.10 Å². The summed E-state index contributed by atoms with van der Waals surface area (Å²) in [6.45, 7) is 6.94. The fourth-order valence-electron chi connectivity index (χ4n) is 3.35. The predicted molar refractivity (Wildman–Crippen MR) is 71.1 cm³/mol. The van der Waals surface area contributed by atoms with Gasteiger partial charge in [-0.2, -0.15) is 0 Å². The molecule has 3 unspecified atom stereocenters. The largest absolute Gasteiger partial charge is 0.393 e. The van der Waals surface area contributed by atoms with Gasteiger partial charge in [0.25, 0.3) is 0 Å². The first-order valence-corrected chi connectivity index (χ1v) is 7.31. The fraction of sp³-hybridized carbons (Fsp3) is 1.00. The van der Waals surface area contributed by atoms with Crippen molar-refractivity contribution in [3.8, 4) is 0 Å². The Morgan fingerprint density at radius 3 is 2.65 bits per heavy atom. The lowest BCUT2D eigenvalue weighted by Crippen LogP contribution is -2.53. The van der Waals surface area contributed by atoms with Crippen molar-refractivity contribution in [1.82, 2.24) is 9.80 Å². The maximum atomic E-state index is 10.0. The quantitative estimate of drug-likeness (QED) is 0.811. The van der Waals surface area contributed by atoms with E-state index < -0.39 is 0 Å². The van der Waals surface area contributed by atoms with Crippen LogP contribution in [0.15, 0.2) is 0 Å². The van der Waals surface area contributed by atoms with Crippen LogP contribution in [0.2, 0.25) is 0 Å². The van der Waals surface area contributed by atoms with Crippen molar-refractivity contribution in [2.24, 2.45) is 5.92 Å². The van der Waals surface area contributed by atoms with Gasteiger partial charge in [0, 0.05) is 32.2 Å². The zero-order chi connectivity index (χ0) is 12.3. The molecule has 1 aliphatic carbocycles. The molecular formula is C14H28N2O. The minimum atomic E-state index is -0.0384. The maximum Gasteiger partial charge on any atom is 0.0580 e. The normalized spacial score (nSPS) is 37.2. The van der Waals surface area contributed by atoms with Crippen molar-refractivity contribution in [1.29, 1.82) is 0 Å². The van der Waals surface area contributed by atoms with Crippen LogP contribution >= 0.6 is 0 Å². The highest BCUT2D eigenvalue weighted by Gasteiger charge is 2.28. The highest BCUT2D eigenvalue weighted by atomic mass is 16.3. The van der Waals surface area contributed by atoms with Crippen LogP contribution in [0.5, 0.6) is 0 Å². The van der Waals surface area contributed by atoms with Gasteiger partial charge in [-0.1, -0.05) is 19.8 Å². The van der Waals surface area contributed by atoms with E-state index in [1.807, 2.05) is 0 Å². The van der Waals surface area contributed by atoms with Crippen molar-refractivity contribution in [3.05, 3.63) is 0 Å². The molecule has 1 aliphatic heterocycles. The zero-order valence-corrected chi connectivity index (χ0v) is 11.4. The van der Waals surface area contributed by atoms with Gasteiger partial charge in [0.05, 0.1) is 6.10 Å². The highest BCUT2D eigenvalue weighted by Crippen LogP contribution is 2.26. The van der Waals surface area contributed by atoms with Crippen molar-refractivity contribution in [2.75, 3.05) is 33.2 Å². The van der Waals surface area contributed by atoms with E-state index in [4.69, 9.17) is 0 Å². The van der Waals surface area contributed by atoms with Crippen molar-refractivity contribution < 1.29 is 5.11 Å². The average Bonchev–Trinajstić information content (AvgIpc) is 2.34. The molecule has 1 heterocycles. The minimum Gasteiger partial charge on any atom is -0.393 e. The molecule has 0 spiro atoms. The molecule has 17 heavy (non-hydrogen) atoms. The molecule has 1 saturated heterocycles. The molecular weight excluding hydrogens is 212 g/mol. The number of hydrogen-bond donors (Lipinski definition) is 1. The van der Waals surface area contributed by atoms with E-state index in [0.29, 0.717) is 12.0 Å². The van der Waals surface area contributed by atoms with Crippen LogP contribution < -0.4 is 0 Å². The number of piperazine rings is 1. The highest BCUT2D eigenvalue weighted by molar-refractivity contribution is 4.83. The Morgan fingerprint density at radius 2 is 1.94 bits per heavy atom. The molecule has 1 saturated carbocycles. The van der Waals surface area contributed by atoms with Gasteiger partial charge in [-0.05, 0) is 32.2 Å². The van der Waals surface area contributed by atoms with E-state index in [1.54, 1.807) is 0 Å². The summed E-state index contributed by atoms with van der Waals surface area (Å²) in [6, 6.07) is 0.712. The topological polar surface area (TPSA) is 26.7 Å². The van der Waals surface area contributed by atoms with Crippen molar-refractivity contribution in [2.45, 2.75) is 51.2 Å². The molecule has 0 amide bonds. The molecule has 3 atom stereocenters. The van der Waals surface area contributed by atoms with Crippen LogP contribution in [0, 0.1) is 5.92 Å². The molecule has 3 nitrogen and oxygen atoms in total. The number of likely N-dealkylation sites (N-methyl/N-ethyl adjacent to an activating group) is 1. The summed E-state index contributed by atoms with van der Waals surface area (Å²) in [5.74, 6) is 0.532. The molecule has 1 N–H and O–H groups in total. The maximum absolute atomic E-state index is 10.0. The molecule has 100 valence electrons.